The maximum Gasteiger partial charge on any atom is 0.180 e. The van der Waals surface area contributed by atoms with Gasteiger partial charge in [0.15, 0.2) is 11.6 Å². The lowest BCUT2D eigenvalue weighted by Gasteiger charge is -2.25. The molecule has 0 radical (unpaired) electrons. The van der Waals surface area contributed by atoms with Gasteiger partial charge in [-0.15, -0.1) is 11.3 Å². The Kier molecular flexibility index (Phi) is 4.10. The summed E-state index contributed by atoms with van der Waals surface area (Å²) in [6, 6.07) is 20.9. The molecule has 0 spiro atoms. The Bertz CT molecular complexity index is 1080. The molecule has 1 aliphatic carbocycles. The van der Waals surface area contributed by atoms with Gasteiger partial charge in [-0.25, -0.2) is 0 Å². The summed E-state index contributed by atoms with van der Waals surface area (Å²) in [5.41, 5.74) is 2.50. The minimum absolute atomic E-state index is 0.0725. The van der Waals surface area contributed by atoms with Gasteiger partial charge in [0.1, 0.15) is 12.0 Å². The van der Waals surface area contributed by atoms with E-state index in [-0.39, 0.29) is 23.5 Å². The van der Waals surface area contributed by atoms with Gasteiger partial charge in [-0.1, -0.05) is 60.7 Å². The van der Waals surface area contributed by atoms with E-state index in [4.69, 9.17) is 0 Å². The Morgan fingerprint density at radius 2 is 1.46 bits per heavy atom. The van der Waals surface area contributed by atoms with Crippen LogP contribution in [0.1, 0.15) is 43.1 Å². The molecule has 0 bridgehead atoms. The van der Waals surface area contributed by atoms with Gasteiger partial charge < -0.3 is 0 Å². The Morgan fingerprint density at radius 1 is 0.786 bits per heavy atom. The van der Waals surface area contributed by atoms with Gasteiger partial charge in [-0.05, 0) is 23.1 Å². The van der Waals surface area contributed by atoms with Crippen molar-refractivity contribution in [3.05, 3.63) is 105 Å². The second-order valence-electron chi connectivity index (χ2n) is 6.91. The van der Waals surface area contributed by atoms with Crippen molar-refractivity contribution in [3.8, 4) is 0 Å². The SMILES string of the molecule is O=C1c2ccccc2C(=O)C1C1=C[C@H](c2ccccc2)[C@H](c2cccs2)N=N1. The molecule has 0 N–H and O–H groups in total. The van der Waals surface area contributed by atoms with Crippen LogP contribution in [0, 0.1) is 5.92 Å². The van der Waals surface area contributed by atoms with Crippen LogP contribution in [0.2, 0.25) is 0 Å². The van der Waals surface area contributed by atoms with Gasteiger partial charge in [-0.2, -0.15) is 10.2 Å². The van der Waals surface area contributed by atoms with E-state index in [2.05, 4.69) is 10.2 Å². The zero-order valence-corrected chi connectivity index (χ0v) is 15.7. The largest absolute Gasteiger partial charge is 0.293 e. The average Bonchev–Trinajstić information content (AvgIpc) is 3.36. The van der Waals surface area contributed by atoms with Crippen molar-refractivity contribution in [1.29, 1.82) is 0 Å². The molecule has 4 nitrogen and oxygen atoms in total. The van der Waals surface area contributed by atoms with Gasteiger partial charge in [-0.3, -0.25) is 9.59 Å². The Balaban J connectivity index is 1.57. The minimum Gasteiger partial charge on any atom is -0.293 e. The summed E-state index contributed by atoms with van der Waals surface area (Å²) in [6.45, 7) is 0. The molecule has 136 valence electrons. The molecule has 0 saturated heterocycles. The number of carbonyl (C=O) groups is 2. The summed E-state index contributed by atoms with van der Waals surface area (Å²) in [5.74, 6) is -1.34. The van der Waals surface area contributed by atoms with Crippen molar-refractivity contribution < 1.29 is 9.59 Å². The number of fused-ring (bicyclic) bond motifs is 1. The van der Waals surface area contributed by atoms with Gasteiger partial charge in [0.25, 0.3) is 0 Å². The molecule has 1 aromatic heterocycles. The number of hydrogen-bond acceptors (Lipinski definition) is 5. The highest BCUT2D eigenvalue weighted by Crippen LogP contribution is 2.44. The van der Waals surface area contributed by atoms with Crippen LogP contribution in [0.15, 0.2) is 94.1 Å². The summed E-state index contributed by atoms with van der Waals surface area (Å²) in [7, 11) is 0. The van der Waals surface area contributed by atoms with E-state index in [0.717, 1.165) is 10.4 Å². The van der Waals surface area contributed by atoms with Crippen LogP contribution < -0.4 is 0 Å². The van der Waals surface area contributed by atoms with E-state index in [0.29, 0.717) is 16.8 Å². The van der Waals surface area contributed by atoms with Crippen LogP contribution in [0.25, 0.3) is 0 Å². The summed E-state index contributed by atoms with van der Waals surface area (Å²) < 4.78 is 0. The number of benzene rings is 2. The molecule has 2 heterocycles. The highest BCUT2D eigenvalue weighted by Gasteiger charge is 2.42. The number of allylic oxidation sites excluding steroid dienone is 1. The molecule has 0 unspecified atom stereocenters. The second kappa shape index (κ2) is 6.77. The van der Waals surface area contributed by atoms with Crippen molar-refractivity contribution >= 4 is 22.9 Å². The van der Waals surface area contributed by atoms with E-state index in [1.807, 2.05) is 53.9 Å². The normalized spacial score (nSPS) is 21.6. The summed E-state index contributed by atoms with van der Waals surface area (Å²) in [6.07, 6.45) is 1.96. The van der Waals surface area contributed by atoms with Crippen molar-refractivity contribution in [2.45, 2.75) is 12.0 Å². The molecule has 5 heteroatoms. The third kappa shape index (κ3) is 2.67. The number of nitrogens with zero attached hydrogens (tertiary/aromatic N) is 2. The quantitative estimate of drug-likeness (QED) is 0.550. The summed E-state index contributed by atoms with van der Waals surface area (Å²) in [4.78, 5) is 26.9. The van der Waals surface area contributed by atoms with E-state index >= 15 is 0 Å². The lowest BCUT2D eigenvalue weighted by molar-refractivity contribution is 0.0861. The number of ketones is 2. The maximum absolute atomic E-state index is 12.9. The van der Waals surface area contributed by atoms with Crippen molar-refractivity contribution in [3.63, 3.8) is 0 Å². The first-order chi connectivity index (χ1) is 13.7. The van der Waals surface area contributed by atoms with Crippen molar-refractivity contribution in [2.24, 2.45) is 16.1 Å². The fourth-order valence-corrected chi connectivity index (χ4v) is 4.73. The molecule has 1 aliphatic heterocycles. The molecule has 2 aromatic carbocycles. The fraction of sp³-hybridized carbons (Fsp3) is 0.130. The highest BCUT2D eigenvalue weighted by atomic mass is 32.1. The number of Topliss-reactive ketones (excluding diaryl/α,β-unsaturated/α-hetero) is 2. The van der Waals surface area contributed by atoms with Gasteiger partial charge in [0.2, 0.25) is 0 Å². The van der Waals surface area contributed by atoms with Crippen molar-refractivity contribution in [2.75, 3.05) is 0 Å². The lowest BCUT2D eigenvalue weighted by Crippen LogP contribution is -2.20. The zero-order valence-electron chi connectivity index (χ0n) is 14.9. The molecular formula is C23H16N2O2S. The molecule has 28 heavy (non-hydrogen) atoms. The monoisotopic (exact) mass is 384 g/mol. The second-order valence-corrected chi connectivity index (χ2v) is 7.89. The van der Waals surface area contributed by atoms with Crippen molar-refractivity contribution in [1.82, 2.24) is 0 Å². The predicted molar refractivity (Wildman–Crippen MR) is 108 cm³/mol. The predicted octanol–water partition coefficient (Wildman–Crippen LogP) is 5.62. The van der Waals surface area contributed by atoms with Crippen LogP contribution in [-0.4, -0.2) is 11.6 Å². The van der Waals surface area contributed by atoms with E-state index in [9.17, 15) is 9.59 Å². The number of thiophene rings is 1. The third-order valence-corrected chi connectivity index (χ3v) is 6.23. The first kappa shape index (κ1) is 17.0. The maximum atomic E-state index is 12.9. The first-order valence-electron chi connectivity index (χ1n) is 9.12. The number of hydrogen-bond donors (Lipinski definition) is 0. The Morgan fingerprint density at radius 3 is 2.11 bits per heavy atom. The number of rotatable bonds is 3. The average molecular weight is 384 g/mol. The fourth-order valence-electron chi connectivity index (χ4n) is 3.92. The molecular weight excluding hydrogens is 368 g/mol. The molecule has 2 atom stereocenters. The standard InChI is InChI=1S/C23H16N2O2S/c26-22-15-9-4-5-10-16(15)23(27)20(22)18-13-17(14-7-2-1-3-8-14)21(25-24-18)19-11-6-12-28-19/h1-13,17,20-21H/t17-,21-/m1/s1. The lowest BCUT2D eigenvalue weighted by atomic mass is 9.86. The van der Waals surface area contributed by atoms with Crippen LogP contribution >= 0.6 is 11.3 Å². The van der Waals surface area contributed by atoms with E-state index in [1.54, 1.807) is 35.6 Å². The molecule has 0 amide bonds. The number of azo groups is 1. The van der Waals surface area contributed by atoms with Crippen LogP contribution in [-0.2, 0) is 0 Å². The topological polar surface area (TPSA) is 58.9 Å². The molecule has 0 saturated carbocycles. The van der Waals surface area contributed by atoms with Gasteiger partial charge >= 0.3 is 0 Å². The van der Waals surface area contributed by atoms with Crippen LogP contribution in [0.3, 0.4) is 0 Å². The smallest absolute Gasteiger partial charge is 0.180 e. The summed E-state index contributed by atoms with van der Waals surface area (Å²) in [5, 5.41) is 10.9. The Labute approximate surface area is 166 Å². The Hall–Kier alpha value is -3.18. The highest BCUT2D eigenvalue weighted by molar-refractivity contribution is 7.10. The molecule has 3 aromatic rings. The number of carbonyl (C=O) groups excluding carboxylic acids is 2. The summed E-state index contributed by atoms with van der Waals surface area (Å²) >= 11 is 1.64. The van der Waals surface area contributed by atoms with Gasteiger partial charge in [0.05, 0.1) is 5.70 Å². The molecule has 2 aliphatic rings. The van der Waals surface area contributed by atoms with E-state index in [1.165, 1.54) is 0 Å². The third-order valence-electron chi connectivity index (χ3n) is 5.29. The van der Waals surface area contributed by atoms with Crippen LogP contribution in [0.4, 0.5) is 0 Å². The minimum atomic E-state index is -0.892. The van der Waals surface area contributed by atoms with E-state index < -0.39 is 5.92 Å². The zero-order chi connectivity index (χ0) is 19.1. The first-order valence-corrected chi connectivity index (χ1v) is 10.0. The van der Waals surface area contributed by atoms with Gasteiger partial charge in [0, 0.05) is 21.9 Å². The van der Waals surface area contributed by atoms with Crippen LogP contribution in [0.5, 0.6) is 0 Å². The molecule has 0 fully saturated rings. The molecule has 5 rings (SSSR count).